The van der Waals surface area contributed by atoms with Crippen LogP contribution in [0.1, 0.15) is 55.3 Å². The monoisotopic (exact) mass is 267 g/mol. The zero-order valence-corrected chi connectivity index (χ0v) is 10.8. The molecule has 0 spiro atoms. The molecule has 2 atom stereocenters. The Morgan fingerprint density at radius 3 is 2.89 bits per heavy atom. The first-order valence-electron chi connectivity index (χ1n) is 6.20. The van der Waals surface area contributed by atoms with Gasteiger partial charge >= 0.3 is 0 Å². The molecule has 2 unspecified atom stereocenters. The molecule has 0 aliphatic carbocycles. The maximum atomic E-state index is 13.9. The molecule has 0 saturated heterocycles. The zero-order chi connectivity index (χ0) is 14.0. The van der Waals surface area contributed by atoms with Crippen molar-refractivity contribution in [1.82, 2.24) is 14.8 Å². The van der Waals surface area contributed by atoms with Crippen LogP contribution in [0.3, 0.4) is 0 Å². The van der Waals surface area contributed by atoms with Crippen LogP contribution in [0.5, 0.6) is 0 Å². The smallest absolute Gasteiger partial charge is 0.214 e. The molecule has 2 heterocycles. The fourth-order valence-corrected chi connectivity index (χ4v) is 2.28. The third-order valence-electron chi connectivity index (χ3n) is 3.10. The average Bonchev–Trinajstić information content (AvgIpc) is 2.96. The topological polar surface area (TPSA) is 47.8 Å². The van der Waals surface area contributed by atoms with E-state index < -0.39 is 18.0 Å². The molecule has 0 radical (unpaired) electrons. The Kier molecular flexibility index (Phi) is 3.87. The second-order valence-electron chi connectivity index (χ2n) is 4.31. The summed E-state index contributed by atoms with van der Waals surface area (Å²) in [5.41, 5.74) is 0.397. The lowest BCUT2D eigenvalue weighted by Crippen LogP contribution is -2.10. The Bertz CT molecular complexity index is 548. The second kappa shape index (κ2) is 5.42. The van der Waals surface area contributed by atoms with Crippen LogP contribution >= 0.6 is 0 Å². The highest BCUT2D eigenvalue weighted by Gasteiger charge is 2.37. The van der Waals surface area contributed by atoms with Crippen molar-refractivity contribution < 1.29 is 13.6 Å². The van der Waals surface area contributed by atoms with Gasteiger partial charge in [-0.15, -0.1) is 5.10 Å². The summed E-state index contributed by atoms with van der Waals surface area (Å²) in [5, 5.41) is 3.92. The van der Waals surface area contributed by atoms with Gasteiger partial charge < -0.3 is 0 Å². The van der Waals surface area contributed by atoms with E-state index in [0.29, 0.717) is 18.3 Å². The normalized spacial score (nSPS) is 23.6. The van der Waals surface area contributed by atoms with Gasteiger partial charge in [-0.3, -0.25) is 4.79 Å². The molecule has 2 rings (SSSR count). The second-order valence-corrected chi connectivity index (χ2v) is 4.31. The van der Waals surface area contributed by atoms with Crippen LogP contribution in [0.4, 0.5) is 8.78 Å². The van der Waals surface area contributed by atoms with Crippen LogP contribution in [-0.2, 0) is 0 Å². The van der Waals surface area contributed by atoms with Crippen molar-refractivity contribution in [2.45, 2.75) is 38.9 Å². The van der Waals surface area contributed by atoms with Gasteiger partial charge in [0.05, 0.1) is 6.04 Å². The lowest BCUT2D eigenvalue weighted by molar-refractivity contribution is 0.111. The number of halogens is 2. The van der Waals surface area contributed by atoms with E-state index in [1.54, 1.807) is 13.0 Å². The number of allylic oxidation sites excluding steroid dienone is 4. The van der Waals surface area contributed by atoms with E-state index in [1.807, 2.05) is 6.92 Å². The number of alkyl halides is 1. The molecule has 19 heavy (non-hydrogen) atoms. The van der Waals surface area contributed by atoms with Crippen LogP contribution in [-0.4, -0.2) is 21.1 Å². The van der Waals surface area contributed by atoms with Crippen molar-refractivity contribution in [2.75, 3.05) is 0 Å². The van der Waals surface area contributed by atoms with Gasteiger partial charge in [0.25, 0.3) is 0 Å². The fraction of sp³-hybridized carbons (Fsp3) is 0.462. The summed E-state index contributed by atoms with van der Waals surface area (Å²) >= 11 is 0. The molecule has 1 aromatic rings. The van der Waals surface area contributed by atoms with Crippen molar-refractivity contribution in [3.63, 3.8) is 0 Å². The molecule has 0 amide bonds. The Morgan fingerprint density at radius 2 is 2.32 bits per heavy atom. The van der Waals surface area contributed by atoms with Gasteiger partial charge in [-0.05, 0) is 13.3 Å². The first kappa shape index (κ1) is 13.6. The van der Waals surface area contributed by atoms with Crippen molar-refractivity contribution in [3.05, 3.63) is 35.2 Å². The van der Waals surface area contributed by atoms with Crippen LogP contribution in [0, 0.1) is 0 Å². The van der Waals surface area contributed by atoms with E-state index in [-0.39, 0.29) is 18.1 Å². The highest BCUT2D eigenvalue weighted by Crippen LogP contribution is 2.41. The largest absolute Gasteiger partial charge is 0.294 e. The van der Waals surface area contributed by atoms with Gasteiger partial charge in [0.1, 0.15) is 5.83 Å². The molecule has 0 bridgehead atoms. The molecule has 0 saturated carbocycles. The predicted octanol–water partition coefficient (Wildman–Crippen LogP) is 3.26. The zero-order valence-electron chi connectivity index (χ0n) is 10.8. The van der Waals surface area contributed by atoms with Crippen LogP contribution in [0.15, 0.2) is 23.6 Å². The minimum Gasteiger partial charge on any atom is -0.294 e. The van der Waals surface area contributed by atoms with E-state index >= 15 is 0 Å². The van der Waals surface area contributed by atoms with Crippen LogP contribution in [0.25, 0.3) is 0 Å². The molecule has 4 nitrogen and oxygen atoms in total. The van der Waals surface area contributed by atoms with Gasteiger partial charge in [0.15, 0.2) is 18.3 Å². The number of rotatable bonds is 4. The number of aromatic nitrogens is 3. The maximum Gasteiger partial charge on any atom is 0.214 e. The molecule has 6 heteroatoms. The number of aldehydes is 1. The SMILES string of the molecule is C/C=C(F)\C(=C/CC)C1CC(F)c2nc(C=O)nn21. The molecular formula is C13H15F2N3O. The van der Waals surface area contributed by atoms with Gasteiger partial charge in [-0.1, -0.05) is 19.1 Å². The van der Waals surface area contributed by atoms with E-state index in [9.17, 15) is 13.6 Å². The number of hydrogen-bond acceptors (Lipinski definition) is 3. The van der Waals surface area contributed by atoms with Gasteiger partial charge in [0, 0.05) is 12.0 Å². The summed E-state index contributed by atoms with van der Waals surface area (Å²) in [5.74, 6) is -0.368. The quantitative estimate of drug-likeness (QED) is 0.621. The predicted molar refractivity (Wildman–Crippen MR) is 66.2 cm³/mol. The molecule has 1 aromatic heterocycles. The number of carbonyl (C=O) groups is 1. The Labute approximate surface area is 109 Å². The van der Waals surface area contributed by atoms with E-state index in [2.05, 4.69) is 10.1 Å². The number of nitrogens with zero attached hydrogens (tertiary/aromatic N) is 3. The van der Waals surface area contributed by atoms with E-state index in [4.69, 9.17) is 0 Å². The van der Waals surface area contributed by atoms with Crippen LogP contribution in [0.2, 0.25) is 0 Å². The first-order valence-corrected chi connectivity index (χ1v) is 6.20. The third-order valence-corrected chi connectivity index (χ3v) is 3.10. The molecule has 0 fully saturated rings. The van der Waals surface area contributed by atoms with Crippen molar-refractivity contribution in [2.24, 2.45) is 0 Å². The van der Waals surface area contributed by atoms with E-state index in [1.165, 1.54) is 10.8 Å². The van der Waals surface area contributed by atoms with Crippen molar-refractivity contribution in [3.8, 4) is 0 Å². The molecule has 102 valence electrons. The van der Waals surface area contributed by atoms with Crippen molar-refractivity contribution in [1.29, 1.82) is 0 Å². The average molecular weight is 267 g/mol. The molecule has 1 aliphatic heterocycles. The maximum absolute atomic E-state index is 13.9. The first-order chi connectivity index (χ1) is 9.12. The van der Waals surface area contributed by atoms with E-state index in [0.717, 1.165) is 0 Å². The molecule has 1 aliphatic rings. The van der Waals surface area contributed by atoms with Crippen molar-refractivity contribution >= 4 is 6.29 Å². The molecule has 0 N–H and O–H groups in total. The summed E-state index contributed by atoms with van der Waals surface area (Å²) in [6, 6.07) is -0.539. The highest BCUT2D eigenvalue weighted by atomic mass is 19.1. The van der Waals surface area contributed by atoms with Crippen LogP contribution < -0.4 is 0 Å². The summed E-state index contributed by atoms with van der Waals surface area (Å²) in [4.78, 5) is 14.5. The summed E-state index contributed by atoms with van der Waals surface area (Å²) in [6.07, 6.45) is 2.92. The summed E-state index contributed by atoms with van der Waals surface area (Å²) in [7, 11) is 0. The number of hydrogen-bond donors (Lipinski definition) is 0. The highest BCUT2D eigenvalue weighted by molar-refractivity contribution is 5.68. The lowest BCUT2D eigenvalue weighted by Gasteiger charge is -2.14. The number of carbonyl (C=O) groups excluding carboxylic acids is 1. The number of fused-ring (bicyclic) bond motifs is 1. The van der Waals surface area contributed by atoms with Gasteiger partial charge in [-0.2, -0.15) is 0 Å². The lowest BCUT2D eigenvalue weighted by atomic mass is 10.0. The molecule has 0 aromatic carbocycles. The molecular weight excluding hydrogens is 252 g/mol. The Hall–Kier alpha value is -1.85. The summed E-state index contributed by atoms with van der Waals surface area (Å²) < 4.78 is 29.1. The minimum absolute atomic E-state index is 0.0703. The Morgan fingerprint density at radius 1 is 1.58 bits per heavy atom. The standard InChI is InChI=1S/C13H15F2N3O/c1-3-5-8(9(14)4-2)11-6-10(15)13-16-12(7-19)17-18(11)13/h4-5,7,10-11H,3,6H2,1-2H3/b8-5+,9-4+. The Balaban J connectivity index is 2.45. The third kappa shape index (κ3) is 2.34. The fourth-order valence-electron chi connectivity index (χ4n) is 2.28. The van der Waals surface area contributed by atoms with Gasteiger partial charge in [-0.25, -0.2) is 18.4 Å². The minimum atomic E-state index is -1.32. The summed E-state index contributed by atoms with van der Waals surface area (Å²) in [6.45, 7) is 3.46. The van der Waals surface area contributed by atoms with Gasteiger partial charge in [0.2, 0.25) is 5.82 Å².